The van der Waals surface area contributed by atoms with Gasteiger partial charge in [-0.2, -0.15) is 0 Å². The highest BCUT2D eigenvalue weighted by Crippen LogP contribution is 2.43. The smallest absolute Gasteiger partial charge is 0.0847 e. The molecule has 3 rings (SSSR count). The highest BCUT2D eigenvalue weighted by atomic mass is 16.5. The predicted octanol–water partition coefficient (Wildman–Crippen LogP) is 3.12. The molecule has 0 unspecified atom stereocenters. The van der Waals surface area contributed by atoms with E-state index < -0.39 is 0 Å². The summed E-state index contributed by atoms with van der Waals surface area (Å²) in [5, 5.41) is 10.1. The zero-order valence-electron chi connectivity index (χ0n) is 14.4. The van der Waals surface area contributed by atoms with Gasteiger partial charge >= 0.3 is 0 Å². The summed E-state index contributed by atoms with van der Waals surface area (Å²) in [4.78, 5) is 2.53. The lowest BCUT2D eigenvalue weighted by atomic mass is 9.79. The number of ether oxygens (including phenoxy) is 1. The third-order valence-electron chi connectivity index (χ3n) is 6.00. The molecule has 0 bridgehead atoms. The first-order valence-corrected chi connectivity index (χ1v) is 8.49. The number of likely N-dealkylation sites (tertiary alicyclic amines) is 1. The Kier molecular flexibility index (Phi) is 4.32. The fraction of sp³-hybridized carbons (Fsp3) is 0.684. The highest BCUT2D eigenvalue weighted by Gasteiger charge is 2.50. The van der Waals surface area contributed by atoms with Gasteiger partial charge < -0.3 is 9.84 Å². The number of hydrogen-bond acceptors (Lipinski definition) is 3. The zero-order chi connectivity index (χ0) is 15.9. The van der Waals surface area contributed by atoms with Crippen LogP contribution in [-0.2, 0) is 11.3 Å². The molecule has 3 nitrogen and oxygen atoms in total. The maximum Gasteiger partial charge on any atom is 0.0847 e. The summed E-state index contributed by atoms with van der Waals surface area (Å²) in [5.74, 6) is 0. The van der Waals surface area contributed by atoms with Crippen molar-refractivity contribution >= 4 is 0 Å². The van der Waals surface area contributed by atoms with Crippen LogP contribution in [0.3, 0.4) is 0 Å². The van der Waals surface area contributed by atoms with Crippen molar-refractivity contribution in [2.45, 2.75) is 70.7 Å². The van der Waals surface area contributed by atoms with Crippen molar-refractivity contribution in [1.29, 1.82) is 0 Å². The van der Waals surface area contributed by atoms with Crippen molar-refractivity contribution in [2.24, 2.45) is 0 Å². The maximum absolute atomic E-state index is 10.1. The number of rotatable bonds is 3. The van der Waals surface area contributed by atoms with Crippen molar-refractivity contribution in [3.63, 3.8) is 0 Å². The lowest BCUT2D eigenvalue weighted by Gasteiger charge is -2.42. The van der Waals surface area contributed by atoms with E-state index >= 15 is 0 Å². The minimum absolute atomic E-state index is 0.0348. The van der Waals surface area contributed by atoms with Crippen molar-refractivity contribution < 1.29 is 9.84 Å². The summed E-state index contributed by atoms with van der Waals surface area (Å²) in [6, 6.07) is 4.97. The van der Waals surface area contributed by atoms with Gasteiger partial charge in [0.1, 0.15) is 0 Å². The summed E-state index contributed by atoms with van der Waals surface area (Å²) < 4.78 is 5.94. The van der Waals surface area contributed by atoms with Crippen molar-refractivity contribution in [3.05, 3.63) is 34.4 Å². The fourth-order valence-electron chi connectivity index (χ4n) is 4.37. The predicted molar refractivity (Wildman–Crippen MR) is 89.1 cm³/mol. The van der Waals surface area contributed by atoms with Crippen LogP contribution in [0.4, 0.5) is 0 Å². The Labute approximate surface area is 134 Å². The number of nitrogens with zero attached hydrogens (tertiary/aromatic N) is 1. The third-order valence-corrected chi connectivity index (χ3v) is 6.00. The molecule has 3 heteroatoms. The molecule has 3 atom stereocenters. The van der Waals surface area contributed by atoms with Crippen LogP contribution in [0.5, 0.6) is 0 Å². The minimum Gasteiger partial charge on any atom is -0.393 e. The van der Waals surface area contributed by atoms with Gasteiger partial charge in [0.2, 0.25) is 0 Å². The van der Waals surface area contributed by atoms with E-state index in [2.05, 4.69) is 37.8 Å². The Hall–Kier alpha value is -0.900. The average molecular weight is 303 g/mol. The largest absolute Gasteiger partial charge is 0.393 e. The van der Waals surface area contributed by atoms with E-state index in [-0.39, 0.29) is 11.7 Å². The number of aliphatic hydroxyl groups is 1. The van der Waals surface area contributed by atoms with E-state index in [0.717, 1.165) is 38.8 Å². The molecule has 1 aromatic carbocycles. The number of benzene rings is 1. The monoisotopic (exact) mass is 303 g/mol. The topological polar surface area (TPSA) is 32.7 Å². The number of aliphatic hydroxyl groups excluding tert-OH is 1. The molecule has 0 aromatic heterocycles. The third kappa shape index (κ3) is 2.70. The SMILES string of the molecule is CO[C@@]12CC[C@@H](O)C[C@@H]1N(Cc1cc(C)c(C)cc1C)CC2. The van der Waals surface area contributed by atoms with E-state index in [4.69, 9.17) is 4.74 Å². The van der Waals surface area contributed by atoms with Gasteiger partial charge in [0.15, 0.2) is 0 Å². The van der Waals surface area contributed by atoms with E-state index in [0.29, 0.717) is 6.04 Å². The number of hydrogen-bond donors (Lipinski definition) is 1. The molecule has 2 fully saturated rings. The highest BCUT2D eigenvalue weighted by molar-refractivity contribution is 5.36. The minimum atomic E-state index is -0.172. The molecule has 1 aliphatic heterocycles. The second kappa shape index (κ2) is 5.95. The summed E-state index contributed by atoms with van der Waals surface area (Å²) in [5.41, 5.74) is 5.47. The van der Waals surface area contributed by atoms with Crippen LogP contribution in [0.25, 0.3) is 0 Å². The van der Waals surface area contributed by atoms with Gasteiger partial charge in [0.25, 0.3) is 0 Å². The van der Waals surface area contributed by atoms with E-state index in [1.807, 2.05) is 7.11 Å². The summed E-state index contributed by atoms with van der Waals surface area (Å²) in [6.07, 6.45) is 3.62. The second-order valence-electron chi connectivity index (χ2n) is 7.30. The maximum atomic E-state index is 10.1. The standard InChI is InChI=1S/C19H29NO2/c1-13-9-15(3)16(10-14(13)2)12-20-8-7-19(22-4)6-5-17(21)11-18(19)20/h9-10,17-18,21H,5-8,11-12H2,1-4H3/t17-,18+,19-/m1/s1. The molecule has 1 aliphatic carbocycles. The van der Waals surface area contributed by atoms with Gasteiger partial charge in [0.05, 0.1) is 11.7 Å². The average Bonchev–Trinajstić information content (AvgIpc) is 2.84. The fourth-order valence-corrected chi connectivity index (χ4v) is 4.37. The Balaban J connectivity index is 1.82. The molecule has 0 radical (unpaired) electrons. The molecule has 1 N–H and O–H groups in total. The Bertz CT molecular complexity index is 557. The molecule has 1 aromatic rings. The van der Waals surface area contributed by atoms with Crippen LogP contribution in [0.2, 0.25) is 0 Å². The molecule has 1 saturated heterocycles. The van der Waals surface area contributed by atoms with Gasteiger partial charge in [-0.1, -0.05) is 12.1 Å². The molecular weight excluding hydrogens is 274 g/mol. The van der Waals surface area contributed by atoms with Crippen LogP contribution in [-0.4, -0.2) is 41.4 Å². The van der Waals surface area contributed by atoms with Gasteiger partial charge in [0, 0.05) is 26.2 Å². The van der Waals surface area contributed by atoms with Gasteiger partial charge in [-0.05, 0) is 68.7 Å². The lowest BCUT2D eigenvalue weighted by molar-refractivity contribution is -0.0879. The molecule has 0 spiro atoms. The Morgan fingerprint density at radius 1 is 1.18 bits per heavy atom. The first kappa shape index (κ1) is 16.0. The molecule has 122 valence electrons. The first-order chi connectivity index (χ1) is 10.4. The zero-order valence-corrected chi connectivity index (χ0v) is 14.4. The van der Waals surface area contributed by atoms with Gasteiger partial charge in [-0.25, -0.2) is 0 Å². The molecule has 22 heavy (non-hydrogen) atoms. The molecule has 0 amide bonds. The van der Waals surface area contributed by atoms with Crippen LogP contribution < -0.4 is 0 Å². The Morgan fingerprint density at radius 2 is 1.91 bits per heavy atom. The number of fused-ring (bicyclic) bond motifs is 1. The summed E-state index contributed by atoms with van der Waals surface area (Å²) in [7, 11) is 1.84. The van der Waals surface area contributed by atoms with E-state index in [1.165, 1.54) is 22.3 Å². The van der Waals surface area contributed by atoms with Crippen LogP contribution in [0.1, 0.15) is 47.9 Å². The Morgan fingerprint density at radius 3 is 2.64 bits per heavy atom. The van der Waals surface area contributed by atoms with Gasteiger partial charge in [-0.15, -0.1) is 0 Å². The van der Waals surface area contributed by atoms with Crippen LogP contribution in [0.15, 0.2) is 12.1 Å². The van der Waals surface area contributed by atoms with E-state index in [1.54, 1.807) is 0 Å². The summed E-state index contributed by atoms with van der Waals surface area (Å²) >= 11 is 0. The lowest BCUT2D eigenvalue weighted by Crippen LogP contribution is -2.51. The molecular formula is C19H29NO2. The molecule has 2 aliphatic rings. The summed E-state index contributed by atoms with van der Waals surface area (Å²) in [6.45, 7) is 8.60. The van der Waals surface area contributed by atoms with Crippen molar-refractivity contribution in [2.75, 3.05) is 13.7 Å². The van der Waals surface area contributed by atoms with E-state index in [9.17, 15) is 5.11 Å². The van der Waals surface area contributed by atoms with Crippen LogP contribution >= 0.6 is 0 Å². The van der Waals surface area contributed by atoms with Gasteiger partial charge in [-0.3, -0.25) is 4.90 Å². The van der Waals surface area contributed by atoms with Crippen molar-refractivity contribution in [1.82, 2.24) is 4.90 Å². The molecule has 1 saturated carbocycles. The normalized spacial score (nSPS) is 32.2. The number of methoxy groups -OCH3 is 1. The number of aryl methyl sites for hydroxylation is 3. The quantitative estimate of drug-likeness (QED) is 0.931. The first-order valence-electron chi connectivity index (χ1n) is 8.49. The van der Waals surface area contributed by atoms with Crippen molar-refractivity contribution in [3.8, 4) is 0 Å². The second-order valence-corrected chi connectivity index (χ2v) is 7.30. The van der Waals surface area contributed by atoms with Crippen LogP contribution in [0, 0.1) is 20.8 Å². The molecule has 1 heterocycles.